The van der Waals surface area contributed by atoms with E-state index < -0.39 is 26.6 Å². The van der Waals surface area contributed by atoms with Crippen molar-refractivity contribution >= 4 is 15.7 Å². The summed E-state index contributed by atoms with van der Waals surface area (Å²) in [6.45, 7) is 2.11. The zero-order valence-electron chi connectivity index (χ0n) is 9.86. The molecule has 1 aromatic rings. The quantitative estimate of drug-likeness (QED) is 0.837. The standard InChI is InChI=1S/C11H14F2N2O2S/c1-7-3-2-4-15(7)18(16,17)11-6-10(14)8(12)5-9(11)13/h5-7H,2-4,14H2,1H3. The van der Waals surface area contributed by atoms with Gasteiger partial charge in [-0.05, 0) is 25.8 Å². The molecule has 1 heterocycles. The van der Waals surface area contributed by atoms with Crippen LogP contribution in [0.3, 0.4) is 0 Å². The molecule has 7 heteroatoms. The van der Waals surface area contributed by atoms with Crippen LogP contribution in [-0.4, -0.2) is 25.3 Å². The Labute approximate surface area is 104 Å². The Morgan fingerprint density at radius 1 is 1.33 bits per heavy atom. The van der Waals surface area contributed by atoms with Crippen LogP contribution in [0.5, 0.6) is 0 Å². The minimum atomic E-state index is -3.95. The fourth-order valence-electron chi connectivity index (χ4n) is 2.13. The molecule has 100 valence electrons. The van der Waals surface area contributed by atoms with Crippen LogP contribution in [0.15, 0.2) is 17.0 Å². The molecule has 0 aromatic heterocycles. The molecule has 1 saturated heterocycles. The second kappa shape index (κ2) is 4.47. The summed E-state index contributed by atoms with van der Waals surface area (Å²) in [5, 5.41) is 0. The molecule has 18 heavy (non-hydrogen) atoms. The molecule has 0 saturated carbocycles. The fourth-order valence-corrected chi connectivity index (χ4v) is 3.92. The lowest BCUT2D eigenvalue weighted by atomic mass is 10.3. The second-order valence-electron chi connectivity index (χ2n) is 4.41. The largest absolute Gasteiger partial charge is 0.396 e. The van der Waals surface area contributed by atoms with Gasteiger partial charge in [0.25, 0.3) is 0 Å². The Kier molecular flexibility index (Phi) is 3.29. The average molecular weight is 276 g/mol. The lowest BCUT2D eigenvalue weighted by molar-refractivity contribution is 0.404. The van der Waals surface area contributed by atoms with E-state index in [2.05, 4.69) is 0 Å². The van der Waals surface area contributed by atoms with Crippen molar-refractivity contribution in [1.82, 2.24) is 4.31 Å². The number of benzene rings is 1. The van der Waals surface area contributed by atoms with Crippen molar-refractivity contribution in [3.05, 3.63) is 23.8 Å². The molecule has 1 aromatic carbocycles. The monoisotopic (exact) mass is 276 g/mol. The van der Waals surface area contributed by atoms with E-state index in [1.807, 2.05) is 0 Å². The number of anilines is 1. The second-order valence-corrected chi connectivity index (χ2v) is 6.27. The van der Waals surface area contributed by atoms with Crippen LogP contribution in [0.25, 0.3) is 0 Å². The molecular formula is C11H14F2N2O2S. The van der Waals surface area contributed by atoms with Crippen molar-refractivity contribution in [3.63, 3.8) is 0 Å². The first kappa shape index (κ1) is 13.2. The van der Waals surface area contributed by atoms with Crippen LogP contribution >= 0.6 is 0 Å². The van der Waals surface area contributed by atoms with E-state index in [-0.39, 0.29) is 11.7 Å². The van der Waals surface area contributed by atoms with Gasteiger partial charge in [-0.3, -0.25) is 0 Å². The van der Waals surface area contributed by atoms with Crippen LogP contribution in [0.1, 0.15) is 19.8 Å². The number of rotatable bonds is 2. The molecule has 4 nitrogen and oxygen atoms in total. The maximum absolute atomic E-state index is 13.6. The third-order valence-electron chi connectivity index (χ3n) is 3.13. The Balaban J connectivity index is 2.51. The van der Waals surface area contributed by atoms with Crippen LogP contribution in [-0.2, 0) is 10.0 Å². The molecule has 0 bridgehead atoms. The van der Waals surface area contributed by atoms with Crippen LogP contribution in [0.4, 0.5) is 14.5 Å². The highest BCUT2D eigenvalue weighted by Gasteiger charge is 2.34. The predicted octanol–water partition coefficient (Wildman–Crippen LogP) is 1.72. The highest BCUT2D eigenvalue weighted by atomic mass is 32.2. The molecule has 2 N–H and O–H groups in total. The maximum atomic E-state index is 13.6. The van der Waals surface area contributed by atoms with Gasteiger partial charge in [-0.15, -0.1) is 0 Å². The highest BCUT2D eigenvalue weighted by Crippen LogP contribution is 2.29. The number of halogens is 2. The van der Waals surface area contributed by atoms with E-state index in [1.165, 1.54) is 4.31 Å². The average Bonchev–Trinajstić information content (AvgIpc) is 2.70. The van der Waals surface area contributed by atoms with E-state index in [0.29, 0.717) is 12.6 Å². The summed E-state index contributed by atoms with van der Waals surface area (Å²) in [4.78, 5) is -0.560. The minimum Gasteiger partial charge on any atom is -0.396 e. The van der Waals surface area contributed by atoms with Gasteiger partial charge in [0.05, 0.1) is 5.69 Å². The smallest absolute Gasteiger partial charge is 0.246 e. The molecule has 0 spiro atoms. The van der Waals surface area contributed by atoms with Crippen molar-refractivity contribution in [3.8, 4) is 0 Å². The predicted molar refractivity (Wildman–Crippen MR) is 63.4 cm³/mol. The molecule has 0 amide bonds. The normalized spacial score (nSPS) is 21.4. The lowest BCUT2D eigenvalue weighted by Gasteiger charge is -2.21. The van der Waals surface area contributed by atoms with Gasteiger partial charge in [-0.25, -0.2) is 17.2 Å². The number of hydrogen-bond donors (Lipinski definition) is 1. The first-order chi connectivity index (χ1) is 8.34. The molecule has 1 aliphatic rings. The van der Waals surface area contributed by atoms with Gasteiger partial charge in [0.1, 0.15) is 16.5 Å². The van der Waals surface area contributed by atoms with E-state index in [1.54, 1.807) is 6.92 Å². The molecular weight excluding hydrogens is 262 g/mol. The van der Waals surface area contributed by atoms with Gasteiger partial charge in [0.15, 0.2) is 0 Å². The Morgan fingerprint density at radius 3 is 2.56 bits per heavy atom. The third kappa shape index (κ3) is 2.08. The van der Waals surface area contributed by atoms with Crippen molar-refractivity contribution in [2.75, 3.05) is 12.3 Å². The summed E-state index contributed by atoms with van der Waals surface area (Å²) >= 11 is 0. The van der Waals surface area contributed by atoms with Crippen LogP contribution in [0.2, 0.25) is 0 Å². The molecule has 0 radical (unpaired) electrons. The van der Waals surface area contributed by atoms with E-state index in [0.717, 1.165) is 18.9 Å². The molecule has 1 fully saturated rings. The summed E-state index contributed by atoms with van der Waals surface area (Å²) in [6, 6.07) is 1.16. The Hall–Kier alpha value is -1.21. The van der Waals surface area contributed by atoms with E-state index in [9.17, 15) is 17.2 Å². The number of nitrogens with two attached hydrogens (primary N) is 1. The summed E-state index contributed by atoms with van der Waals surface area (Å²) < 4.78 is 52.3. The summed E-state index contributed by atoms with van der Waals surface area (Å²) in [5.74, 6) is -2.07. The molecule has 1 aliphatic heterocycles. The fraction of sp³-hybridized carbons (Fsp3) is 0.455. The number of nitrogens with zero attached hydrogens (tertiary/aromatic N) is 1. The van der Waals surface area contributed by atoms with E-state index in [4.69, 9.17) is 5.73 Å². The molecule has 1 unspecified atom stereocenters. The van der Waals surface area contributed by atoms with Crippen LogP contribution in [0, 0.1) is 11.6 Å². The minimum absolute atomic E-state index is 0.180. The molecule has 0 aliphatic carbocycles. The highest BCUT2D eigenvalue weighted by molar-refractivity contribution is 7.89. The van der Waals surface area contributed by atoms with Gasteiger partial charge in [0.2, 0.25) is 10.0 Å². The van der Waals surface area contributed by atoms with Gasteiger partial charge in [-0.1, -0.05) is 0 Å². The number of sulfonamides is 1. The van der Waals surface area contributed by atoms with Crippen molar-refractivity contribution < 1.29 is 17.2 Å². The van der Waals surface area contributed by atoms with Crippen molar-refractivity contribution in [1.29, 1.82) is 0 Å². The first-order valence-corrected chi connectivity index (χ1v) is 7.04. The zero-order chi connectivity index (χ0) is 13.5. The maximum Gasteiger partial charge on any atom is 0.246 e. The van der Waals surface area contributed by atoms with Crippen molar-refractivity contribution in [2.45, 2.75) is 30.7 Å². The van der Waals surface area contributed by atoms with E-state index >= 15 is 0 Å². The lowest BCUT2D eigenvalue weighted by Crippen LogP contribution is -2.34. The SMILES string of the molecule is CC1CCCN1S(=O)(=O)c1cc(N)c(F)cc1F. The van der Waals surface area contributed by atoms with Crippen molar-refractivity contribution in [2.24, 2.45) is 0 Å². The molecule has 2 rings (SSSR count). The van der Waals surface area contributed by atoms with Crippen LogP contribution < -0.4 is 5.73 Å². The number of hydrogen-bond acceptors (Lipinski definition) is 3. The van der Waals surface area contributed by atoms with Gasteiger partial charge in [0, 0.05) is 18.7 Å². The zero-order valence-corrected chi connectivity index (χ0v) is 10.7. The third-order valence-corrected chi connectivity index (χ3v) is 5.16. The summed E-state index contributed by atoms with van der Waals surface area (Å²) in [7, 11) is -3.95. The Bertz CT molecular complexity index is 575. The van der Waals surface area contributed by atoms with Gasteiger partial charge in [-0.2, -0.15) is 4.31 Å². The Morgan fingerprint density at radius 2 is 2.00 bits per heavy atom. The topological polar surface area (TPSA) is 63.4 Å². The summed E-state index contributed by atoms with van der Waals surface area (Å²) in [6.07, 6.45) is 1.47. The number of nitrogen functional groups attached to an aromatic ring is 1. The first-order valence-electron chi connectivity index (χ1n) is 5.60. The molecule has 1 atom stereocenters. The van der Waals surface area contributed by atoms with Gasteiger partial charge < -0.3 is 5.73 Å². The summed E-state index contributed by atoms with van der Waals surface area (Å²) in [5.41, 5.74) is 4.92. The van der Waals surface area contributed by atoms with Gasteiger partial charge >= 0.3 is 0 Å².